The largest absolute Gasteiger partial charge is 0.481 e. The van der Waals surface area contributed by atoms with Crippen LogP contribution in [0, 0.1) is 18.8 Å². The van der Waals surface area contributed by atoms with Crippen molar-refractivity contribution in [3.8, 4) is 0 Å². The fourth-order valence-corrected chi connectivity index (χ4v) is 4.41. The third kappa shape index (κ3) is 4.87. The zero-order valence-electron chi connectivity index (χ0n) is 17.2. The highest BCUT2D eigenvalue weighted by molar-refractivity contribution is 5.96. The van der Waals surface area contributed by atoms with Crippen LogP contribution in [0.3, 0.4) is 0 Å². The van der Waals surface area contributed by atoms with Gasteiger partial charge in [-0.25, -0.2) is 0 Å². The topological polar surface area (TPSA) is 82.5 Å². The van der Waals surface area contributed by atoms with Crippen LogP contribution < -0.4 is 5.32 Å². The highest BCUT2D eigenvalue weighted by atomic mass is 19.4. The van der Waals surface area contributed by atoms with E-state index in [0.29, 0.717) is 6.54 Å². The van der Waals surface area contributed by atoms with Gasteiger partial charge in [0.1, 0.15) is 0 Å². The van der Waals surface area contributed by atoms with Crippen LogP contribution in [0.25, 0.3) is 0 Å². The molecule has 2 saturated heterocycles. The van der Waals surface area contributed by atoms with Gasteiger partial charge in [-0.1, -0.05) is 24.3 Å². The Morgan fingerprint density at radius 3 is 2.48 bits per heavy atom. The van der Waals surface area contributed by atoms with Crippen molar-refractivity contribution < 1.29 is 27.9 Å². The van der Waals surface area contributed by atoms with Crippen LogP contribution in [0.4, 0.5) is 13.2 Å². The lowest BCUT2D eigenvalue weighted by molar-refractivity contribution is -0.141. The standard InChI is InChI=1S/C20H20F3N3O.C2H4O2/c1-12-5-2-3-6-14(12)17-16-10-24-9-13(16)11-26(17)19(27)15-7-4-8-25-18(15)20(21,22)23;1-2(3)4/h2-8,13,16-17,24H,9-11H2,1H3;1H3,(H,3,4)/t13-,16-,17+;/m0./s1. The van der Waals surface area contributed by atoms with Gasteiger partial charge in [-0.15, -0.1) is 0 Å². The van der Waals surface area contributed by atoms with E-state index in [9.17, 15) is 18.0 Å². The van der Waals surface area contributed by atoms with Crippen LogP contribution in [-0.2, 0) is 11.0 Å². The number of rotatable bonds is 2. The number of carboxylic acids is 1. The van der Waals surface area contributed by atoms with Gasteiger partial charge in [-0.2, -0.15) is 13.2 Å². The van der Waals surface area contributed by atoms with Crippen LogP contribution in [0.15, 0.2) is 42.6 Å². The Morgan fingerprint density at radius 1 is 1.16 bits per heavy atom. The molecule has 1 amide bonds. The number of carboxylic acid groups (broad SMARTS) is 1. The van der Waals surface area contributed by atoms with Crippen molar-refractivity contribution in [1.29, 1.82) is 0 Å². The minimum absolute atomic E-state index is 0.195. The number of amides is 1. The third-order valence-corrected chi connectivity index (χ3v) is 5.64. The number of pyridine rings is 1. The van der Waals surface area contributed by atoms with Gasteiger partial charge in [0.15, 0.2) is 5.69 Å². The SMILES string of the molecule is CC(=O)O.Cc1ccccc1[C@@H]1[C@H]2CNC[C@H]2CN1C(=O)c1cccnc1C(F)(F)F. The Balaban J connectivity index is 0.000000628. The number of nitrogens with zero attached hydrogens (tertiary/aromatic N) is 2. The first-order valence-electron chi connectivity index (χ1n) is 9.90. The average molecular weight is 435 g/mol. The number of alkyl halides is 3. The molecule has 2 aliphatic rings. The fourth-order valence-electron chi connectivity index (χ4n) is 4.41. The van der Waals surface area contributed by atoms with Crippen LogP contribution in [0.2, 0.25) is 0 Å². The summed E-state index contributed by atoms with van der Waals surface area (Å²) in [4.78, 5) is 27.3. The van der Waals surface area contributed by atoms with Gasteiger partial charge in [-0.05, 0) is 36.1 Å². The molecule has 0 unspecified atom stereocenters. The number of aryl methyl sites for hydroxylation is 1. The Labute approximate surface area is 178 Å². The maximum atomic E-state index is 13.4. The first-order chi connectivity index (χ1) is 14.6. The second-order valence-electron chi connectivity index (χ2n) is 7.76. The molecular formula is C22H24F3N3O3. The second kappa shape index (κ2) is 9.05. The molecule has 2 aliphatic heterocycles. The van der Waals surface area contributed by atoms with Gasteiger partial charge in [0.05, 0.1) is 11.6 Å². The Hall–Kier alpha value is -2.94. The van der Waals surface area contributed by atoms with Crippen LogP contribution in [0.5, 0.6) is 0 Å². The lowest BCUT2D eigenvalue weighted by Gasteiger charge is -2.30. The first kappa shape index (κ1) is 22.7. The van der Waals surface area contributed by atoms with Crippen LogP contribution in [0.1, 0.15) is 40.1 Å². The normalized spacial score (nSPS) is 22.5. The summed E-state index contributed by atoms with van der Waals surface area (Å²) < 4.78 is 40.1. The minimum Gasteiger partial charge on any atom is -0.481 e. The molecular weight excluding hydrogens is 411 g/mol. The molecule has 2 fully saturated rings. The summed E-state index contributed by atoms with van der Waals surface area (Å²) in [5.41, 5.74) is 0.541. The summed E-state index contributed by atoms with van der Waals surface area (Å²) in [6.07, 6.45) is -3.59. The maximum absolute atomic E-state index is 13.4. The molecule has 1 aromatic carbocycles. The van der Waals surface area contributed by atoms with Gasteiger partial charge in [0.2, 0.25) is 0 Å². The molecule has 0 aliphatic carbocycles. The van der Waals surface area contributed by atoms with E-state index >= 15 is 0 Å². The number of fused-ring (bicyclic) bond motifs is 1. The number of nitrogens with one attached hydrogen (secondary N) is 1. The van der Waals surface area contributed by atoms with E-state index in [4.69, 9.17) is 9.90 Å². The summed E-state index contributed by atoms with van der Waals surface area (Å²) in [6.45, 7) is 5.03. The Morgan fingerprint density at radius 2 is 1.84 bits per heavy atom. The van der Waals surface area contributed by atoms with Crippen molar-refractivity contribution >= 4 is 11.9 Å². The quantitative estimate of drug-likeness (QED) is 0.754. The average Bonchev–Trinajstić information content (AvgIpc) is 3.28. The van der Waals surface area contributed by atoms with Crippen molar-refractivity contribution in [3.63, 3.8) is 0 Å². The van der Waals surface area contributed by atoms with E-state index in [-0.39, 0.29) is 23.4 Å². The van der Waals surface area contributed by atoms with Crippen molar-refractivity contribution in [2.75, 3.05) is 19.6 Å². The van der Waals surface area contributed by atoms with Gasteiger partial charge >= 0.3 is 6.18 Å². The number of hydrogen-bond donors (Lipinski definition) is 2. The van der Waals surface area contributed by atoms with Crippen molar-refractivity contribution in [2.45, 2.75) is 26.1 Å². The van der Waals surface area contributed by atoms with Crippen LogP contribution in [-0.4, -0.2) is 46.5 Å². The van der Waals surface area contributed by atoms with Gasteiger partial charge in [0, 0.05) is 38.7 Å². The van der Waals surface area contributed by atoms with E-state index in [2.05, 4.69) is 10.3 Å². The number of likely N-dealkylation sites (tertiary alicyclic amines) is 1. The highest BCUT2D eigenvalue weighted by Gasteiger charge is 2.48. The molecule has 0 saturated carbocycles. The molecule has 9 heteroatoms. The summed E-state index contributed by atoms with van der Waals surface area (Å²) in [7, 11) is 0. The Bertz CT molecular complexity index is 960. The molecule has 0 spiro atoms. The predicted molar refractivity (Wildman–Crippen MR) is 107 cm³/mol. The summed E-state index contributed by atoms with van der Waals surface area (Å²) in [5, 5.41) is 10.8. The summed E-state index contributed by atoms with van der Waals surface area (Å²) in [5.74, 6) is -0.997. The number of carbonyl (C=O) groups excluding carboxylic acids is 1. The van der Waals surface area contributed by atoms with Crippen LogP contribution >= 0.6 is 0 Å². The van der Waals surface area contributed by atoms with Gasteiger partial charge < -0.3 is 15.3 Å². The maximum Gasteiger partial charge on any atom is 0.434 e. The molecule has 2 aromatic rings. The molecule has 2 N–H and O–H groups in total. The minimum atomic E-state index is -4.67. The number of aromatic nitrogens is 1. The molecule has 31 heavy (non-hydrogen) atoms. The van der Waals surface area contributed by atoms with E-state index < -0.39 is 23.7 Å². The third-order valence-electron chi connectivity index (χ3n) is 5.64. The fraction of sp³-hybridized carbons (Fsp3) is 0.409. The number of aliphatic carboxylic acids is 1. The summed E-state index contributed by atoms with van der Waals surface area (Å²) >= 11 is 0. The molecule has 0 bridgehead atoms. The number of benzene rings is 1. The number of hydrogen-bond acceptors (Lipinski definition) is 4. The molecule has 4 rings (SSSR count). The number of carbonyl (C=O) groups is 2. The van der Waals surface area contributed by atoms with Crippen molar-refractivity contribution in [2.24, 2.45) is 11.8 Å². The zero-order chi connectivity index (χ0) is 22.8. The lowest BCUT2D eigenvalue weighted by atomic mass is 9.87. The molecule has 6 nitrogen and oxygen atoms in total. The molecule has 1 aromatic heterocycles. The van der Waals surface area contributed by atoms with E-state index in [1.165, 1.54) is 12.1 Å². The molecule has 3 atom stereocenters. The van der Waals surface area contributed by atoms with E-state index in [1.54, 1.807) is 4.90 Å². The van der Waals surface area contributed by atoms with E-state index in [1.807, 2.05) is 31.2 Å². The first-order valence-corrected chi connectivity index (χ1v) is 9.90. The molecule has 3 heterocycles. The monoisotopic (exact) mass is 435 g/mol. The molecule has 0 radical (unpaired) electrons. The van der Waals surface area contributed by atoms with Gasteiger partial charge in [0.25, 0.3) is 11.9 Å². The zero-order valence-corrected chi connectivity index (χ0v) is 17.2. The highest BCUT2D eigenvalue weighted by Crippen LogP contribution is 2.44. The van der Waals surface area contributed by atoms with Crippen molar-refractivity contribution in [1.82, 2.24) is 15.2 Å². The van der Waals surface area contributed by atoms with Crippen molar-refractivity contribution in [3.05, 3.63) is 65.0 Å². The predicted octanol–water partition coefficient (Wildman–Crippen LogP) is 3.53. The second-order valence-corrected chi connectivity index (χ2v) is 7.76. The number of halogens is 3. The summed E-state index contributed by atoms with van der Waals surface area (Å²) in [6, 6.07) is 10.1. The van der Waals surface area contributed by atoms with Gasteiger partial charge in [-0.3, -0.25) is 14.6 Å². The van der Waals surface area contributed by atoms with E-state index in [0.717, 1.165) is 37.3 Å². The lowest BCUT2D eigenvalue weighted by Crippen LogP contribution is -2.36. The molecule has 166 valence electrons. The smallest absolute Gasteiger partial charge is 0.434 e. The Kier molecular flexibility index (Phi) is 6.64.